The first-order valence-corrected chi connectivity index (χ1v) is 11.0. The fourth-order valence-corrected chi connectivity index (χ4v) is 3.38. The molecule has 0 spiro atoms. The van der Waals surface area contributed by atoms with Crippen molar-refractivity contribution in [3.63, 3.8) is 0 Å². The van der Waals surface area contributed by atoms with Crippen molar-refractivity contribution in [1.29, 1.82) is 5.26 Å². The van der Waals surface area contributed by atoms with Crippen LogP contribution in [0.4, 0.5) is 5.69 Å². The smallest absolute Gasteiger partial charge is 0.262 e. The number of ether oxygens (including phenoxy) is 1. The maximum Gasteiger partial charge on any atom is 0.262 e. The van der Waals surface area contributed by atoms with E-state index in [9.17, 15) is 14.9 Å². The van der Waals surface area contributed by atoms with Gasteiger partial charge in [-0.2, -0.15) is 5.26 Å². The maximum atomic E-state index is 12.5. The number of amides is 2. The summed E-state index contributed by atoms with van der Waals surface area (Å²) in [4.78, 5) is 24.8. The summed E-state index contributed by atoms with van der Waals surface area (Å²) < 4.78 is 6.44. The summed E-state index contributed by atoms with van der Waals surface area (Å²) in [6.45, 7) is 2.02. The molecule has 0 saturated heterocycles. The molecule has 0 aliphatic carbocycles. The fourth-order valence-electron chi connectivity index (χ4n) is 3.00. The molecule has 2 amide bonds. The summed E-state index contributed by atoms with van der Waals surface area (Å²) in [7, 11) is 0. The van der Waals surface area contributed by atoms with Gasteiger partial charge in [-0.25, -0.2) is 0 Å². The average Bonchev–Trinajstić information content (AvgIpc) is 2.81. The molecule has 0 fully saturated rings. The number of carbonyl (C=O) groups is 2. The Bertz CT molecular complexity index is 1220. The van der Waals surface area contributed by atoms with E-state index in [2.05, 4.69) is 26.6 Å². The van der Waals surface area contributed by atoms with Gasteiger partial charge in [-0.05, 0) is 54.5 Å². The van der Waals surface area contributed by atoms with Crippen molar-refractivity contribution < 1.29 is 14.3 Å². The molecule has 0 radical (unpaired) electrons. The minimum absolute atomic E-state index is 0.0712. The highest BCUT2D eigenvalue weighted by molar-refractivity contribution is 9.10. The first-order valence-electron chi connectivity index (χ1n) is 10.2. The van der Waals surface area contributed by atoms with Gasteiger partial charge in [0.25, 0.3) is 11.8 Å². The van der Waals surface area contributed by atoms with Crippen molar-refractivity contribution >= 4 is 39.5 Å². The highest BCUT2D eigenvalue weighted by atomic mass is 79.9. The van der Waals surface area contributed by atoms with E-state index in [1.165, 1.54) is 6.08 Å². The Kier molecular flexibility index (Phi) is 8.39. The second-order valence-corrected chi connectivity index (χ2v) is 8.14. The van der Waals surface area contributed by atoms with Crippen molar-refractivity contribution in [1.82, 2.24) is 5.32 Å². The molecule has 7 heteroatoms. The number of carbonyl (C=O) groups excluding carboxylic acids is 2. The second kappa shape index (κ2) is 11.7. The van der Waals surface area contributed by atoms with Crippen LogP contribution in [0.3, 0.4) is 0 Å². The van der Waals surface area contributed by atoms with E-state index in [1.54, 1.807) is 24.3 Å². The quantitative estimate of drug-likeness (QED) is 0.334. The zero-order valence-electron chi connectivity index (χ0n) is 18.0. The Hall–Kier alpha value is -3.89. The number of nitrogens with one attached hydrogen (secondary N) is 2. The van der Waals surface area contributed by atoms with Crippen LogP contribution < -0.4 is 15.4 Å². The monoisotopic (exact) mass is 503 g/mol. The fraction of sp³-hybridized carbons (Fsp3) is 0.115. The van der Waals surface area contributed by atoms with E-state index in [0.717, 1.165) is 15.6 Å². The maximum absolute atomic E-state index is 12.5. The van der Waals surface area contributed by atoms with Gasteiger partial charge < -0.3 is 15.4 Å². The number of nitriles is 1. The van der Waals surface area contributed by atoms with Crippen molar-refractivity contribution in [3.8, 4) is 11.8 Å². The zero-order valence-corrected chi connectivity index (χ0v) is 19.6. The van der Waals surface area contributed by atoms with Gasteiger partial charge in [-0.15, -0.1) is 0 Å². The Morgan fingerprint density at radius 3 is 2.58 bits per heavy atom. The van der Waals surface area contributed by atoms with E-state index in [1.807, 2.05) is 61.5 Å². The Morgan fingerprint density at radius 1 is 1.06 bits per heavy atom. The molecule has 6 nitrogen and oxygen atoms in total. The van der Waals surface area contributed by atoms with Crippen LogP contribution in [0.15, 0.2) is 82.8 Å². The molecule has 33 heavy (non-hydrogen) atoms. The third-order valence-corrected chi connectivity index (χ3v) is 5.09. The van der Waals surface area contributed by atoms with Gasteiger partial charge in [-0.1, -0.05) is 58.4 Å². The minimum atomic E-state index is -0.496. The van der Waals surface area contributed by atoms with Crippen LogP contribution in [-0.4, -0.2) is 18.4 Å². The number of aryl methyl sites for hydroxylation is 1. The van der Waals surface area contributed by atoms with Crippen LogP contribution in [-0.2, 0) is 16.1 Å². The molecule has 3 aromatic rings. The van der Waals surface area contributed by atoms with Crippen LogP contribution >= 0.6 is 15.9 Å². The Balaban J connectivity index is 1.69. The van der Waals surface area contributed by atoms with E-state index < -0.39 is 5.91 Å². The lowest BCUT2D eigenvalue weighted by molar-refractivity contribution is -0.118. The summed E-state index contributed by atoms with van der Waals surface area (Å²) in [5.74, 6) is -0.440. The summed E-state index contributed by atoms with van der Waals surface area (Å²) in [5, 5.41) is 15.0. The Labute approximate surface area is 201 Å². The number of anilines is 1. The normalized spacial score (nSPS) is 10.8. The van der Waals surface area contributed by atoms with Gasteiger partial charge in [0.2, 0.25) is 0 Å². The molecule has 0 unspecified atom stereocenters. The number of hydrogen-bond donors (Lipinski definition) is 2. The van der Waals surface area contributed by atoms with Gasteiger partial charge in [-0.3, -0.25) is 9.59 Å². The highest BCUT2D eigenvalue weighted by Gasteiger charge is 2.12. The number of hydrogen-bond acceptors (Lipinski definition) is 4. The predicted octanol–water partition coefficient (Wildman–Crippen LogP) is 5.00. The predicted molar refractivity (Wildman–Crippen MR) is 131 cm³/mol. The van der Waals surface area contributed by atoms with E-state index in [-0.39, 0.29) is 18.1 Å². The molecule has 0 aliphatic heterocycles. The molecular formula is C26H22BrN3O3. The van der Waals surface area contributed by atoms with Crippen LogP contribution in [0.25, 0.3) is 6.08 Å². The van der Waals surface area contributed by atoms with Crippen LogP contribution in [0.5, 0.6) is 5.75 Å². The highest BCUT2D eigenvalue weighted by Crippen LogP contribution is 2.26. The molecule has 0 bridgehead atoms. The molecule has 2 N–H and O–H groups in total. The van der Waals surface area contributed by atoms with Crippen molar-refractivity contribution in [2.24, 2.45) is 0 Å². The van der Waals surface area contributed by atoms with Gasteiger partial charge >= 0.3 is 0 Å². The topological polar surface area (TPSA) is 91.2 Å². The number of rotatable bonds is 8. The molecule has 0 saturated carbocycles. The third-order valence-electron chi connectivity index (χ3n) is 4.59. The molecule has 0 aliphatic rings. The molecule has 0 aromatic heterocycles. The largest absolute Gasteiger partial charge is 0.483 e. The lowest BCUT2D eigenvalue weighted by atomic mass is 10.1. The minimum Gasteiger partial charge on any atom is -0.483 e. The van der Waals surface area contributed by atoms with Crippen molar-refractivity contribution in [2.45, 2.75) is 13.5 Å². The van der Waals surface area contributed by atoms with Gasteiger partial charge in [0.15, 0.2) is 6.61 Å². The lowest BCUT2D eigenvalue weighted by Crippen LogP contribution is -2.24. The summed E-state index contributed by atoms with van der Waals surface area (Å²) in [5.41, 5.74) is 3.07. The number of nitrogens with zero attached hydrogens (tertiary/aromatic N) is 1. The lowest BCUT2D eigenvalue weighted by Gasteiger charge is -2.11. The Morgan fingerprint density at radius 2 is 1.85 bits per heavy atom. The van der Waals surface area contributed by atoms with Crippen LogP contribution in [0.1, 0.15) is 16.7 Å². The molecule has 3 aromatic carbocycles. The molecular weight excluding hydrogens is 482 g/mol. The van der Waals surface area contributed by atoms with E-state index >= 15 is 0 Å². The first kappa shape index (κ1) is 23.8. The summed E-state index contributed by atoms with van der Waals surface area (Å²) >= 11 is 3.39. The average molecular weight is 504 g/mol. The summed E-state index contributed by atoms with van der Waals surface area (Å²) in [6, 6.07) is 24.0. The molecule has 3 rings (SSSR count). The van der Waals surface area contributed by atoms with Gasteiger partial charge in [0.05, 0.1) is 0 Å². The standard InChI is InChI=1S/C26H22BrN3O3/c1-18-6-5-9-23(12-18)30-25(31)17-33-24-11-10-22(27)14-20(24)13-21(15-28)26(32)29-16-19-7-3-2-4-8-19/h2-14H,16-17H2,1H3,(H,29,32)(H,30,31)/b21-13+. The van der Waals surface area contributed by atoms with E-state index in [4.69, 9.17) is 4.74 Å². The second-order valence-electron chi connectivity index (χ2n) is 7.23. The molecule has 0 heterocycles. The van der Waals surface area contributed by atoms with Crippen LogP contribution in [0.2, 0.25) is 0 Å². The number of benzene rings is 3. The molecule has 0 atom stereocenters. The number of halogens is 1. The summed E-state index contributed by atoms with van der Waals surface area (Å²) in [6.07, 6.45) is 1.44. The third kappa shape index (κ3) is 7.34. The van der Waals surface area contributed by atoms with Crippen molar-refractivity contribution in [2.75, 3.05) is 11.9 Å². The van der Waals surface area contributed by atoms with Gasteiger partial charge in [0.1, 0.15) is 17.4 Å². The first-order chi connectivity index (χ1) is 15.9. The van der Waals surface area contributed by atoms with Crippen molar-refractivity contribution in [3.05, 3.63) is 99.5 Å². The molecule has 166 valence electrons. The zero-order chi connectivity index (χ0) is 23.6. The SMILES string of the molecule is Cc1cccc(NC(=O)COc2ccc(Br)cc2/C=C(\C#N)C(=O)NCc2ccccc2)c1. The van der Waals surface area contributed by atoms with Gasteiger partial charge in [0, 0.05) is 22.3 Å². The van der Waals surface area contributed by atoms with E-state index in [0.29, 0.717) is 23.5 Å². The van der Waals surface area contributed by atoms with Crippen LogP contribution in [0, 0.1) is 18.3 Å².